The average Bonchev–Trinajstić information content (AvgIpc) is 2.34. The van der Waals surface area contributed by atoms with E-state index in [-0.39, 0.29) is 23.6 Å². The van der Waals surface area contributed by atoms with Gasteiger partial charge in [-0.1, -0.05) is 18.2 Å². The lowest BCUT2D eigenvalue weighted by molar-refractivity contribution is -0.384. The molecule has 1 aromatic rings. The Kier molecular flexibility index (Phi) is 5.53. The van der Waals surface area contributed by atoms with Gasteiger partial charge >= 0.3 is 0 Å². The number of ether oxygens (including phenoxy) is 1. The maximum atomic E-state index is 10.7. The van der Waals surface area contributed by atoms with Crippen molar-refractivity contribution in [3.05, 3.63) is 45.5 Å². The van der Waals surface area contributed by atoms with Gasteiger partial charge in [0.1, 0.15) is 12.4 Å². The van der Waals surface area contributed by atoms with Crippen molar-refractivity contribution in [3.63, 3.8) is 0 Å². The van der Waals surface area contributed by atoms with E-state index in [1.807, 2.05) is 0 Å². The first kappa shape index (κ1) is 16.5. The number of benzene rings is 1. The minimum atomic E-state index is -0.487. The van der Waals surface area contributed by atoms with Gasteiger partial charge in [0, 0.05) is 18.2 Å². The highest BCUT2D eigenvalue weighted by atomic mass is 35.5. The number of hydrogen-bond acceptors (Lipinski definition) is 4. The predicted octanol–water partition coefficient (Wildman–Crippen LogP) is 3.57. The van der Waals surface area contributed by atoms with Crippen LogP contribution in [0.2, 0.25) is 5.02 Å². The SMILES string of the molecule is C=C(CNC(C)(C)C)COc1cc([N+](=O)[O-])ccc1Cl. The lowest BCUT2D eigenvalue weighted by atomic mass is 10.1. The van der Waals surface area contributed by atoms with E-state index in [1.54, 1.807) is 0 Å². The summed E-state index contributed by atoms with van der Waals surface area (Å²) in [6.45, 7) is 10.9. The molecule has 0 spiro atoms. The Morgan fingerprint density at radius 2 is 2.15 bits per heavy atom. The average molecular weight is 299 g/mol. The maximum absolute atomic E-state index is 10.7. The fraction of sp³-hybridized carbons (Fsp3) is 0.429. The Morgan fingerprint density at radius 1 is 1.50 bits per heavy atom. The van der Waals surface area contributed by atoms with Gasteiger partial charge in [0.2, 0.25) is 0 Å². The van der Waals surface area contributed by atoms with E-state index in [4.69, 9.17) is 16.3 Å². The molecule has 0 aliphatic heterocycles. The predicted molar refractivity (Wildman–Crippen MR) is 80.5 cm³/mol. The second-order valence-corrected chi connectivity index (χ2v) is 5.92. The minimum Gasteiger partial charge on any atom is -0.487 e. The van der Waals surface area contributed by atoms with E-state index >= 15 is 0 Å². The van der Waals surface area contributed by atoms with Crippen molar-refractivity contribution in [1.82, 2.24) is 5.32 Å². The van der Waals surface area contributed by atoms with Crippen LogP contribution in [0, 0.1) is 10.1 Å². The fourth-order valence-corrected chi connectivity index (χ4v) is 1.51. The highest BCUT2D eigenvalue weighted by molar-refractivity contribution is 6.32. The summed E-state index contributed by atoms with van der Waals surface area (Å²) in [5.41, 5.74) is 0.775. The monoisotopic (exact) mass is 298 g/mol. The first-order valence-corrected chi connectivity index (χ1v) is 6.55. The molecule has 1 aromatic carbocycles. The van der Waals surface area contributed by atoms with Crippen LogP contribution in [0.25, 0.3) is 0 Å². The molecule has 0 atom stereocenters. The van der Waals surface area contributed by atoms with Crippen LogP contribution in [-0.4, -0.2) is 23.6 Å². The molecule has 20 heavy (non-hydrogen) atoms. The van der Waals surface area contributed by atoms with E-state index in [9.17, 15) is 10.1 Å². The third kappa shape index (κ3) is 5.59. The van der Waals surface area contributed by atoms with Crippen molar-refractivity contribution in [2.24, 2.45) is 0 Å². The minimum absolute atomic E-state index is 0.00782. The van der Waals surface area contributed by atoms with Crippen LogP contribution >= 0.6 is 11.6 Å². The lowest BCUT2D eigenvalue weighted by Gasteiger charge is -2.21. The van der Waals surface area contributed by atoms with Crippen LogP contribution < -0.4 is 10.1 Å². The number of non-ortho nitro benzene ring substituents is 1. The number of nitrogens with one attached hydrogen (secondary N) is 1. The van der Waals surface area contributed by atoms with Crippen LogP contribution in [0.5, 0.6) is 5.75 Å². The summed E-state index contributed by atoms with van der Waals surface area (Å²) >= 11 is 5.94. The fourth-order valence-electron chi connectivity index (χ4n) is 1.34. The molecule has 0 aliphatic rings. The summed E-state index contributed by atoms with van der Waals surface area (Å²) in [7, 11) is 0. The number of rotatable bonds is 6. The third-order valence-electron chi connectivity index (χ3n) is 2.43. The highest BCUT2D eigenvalue weighted by Crippen LogP contribution is 2.29. The van der Waals surface area contributed by atoms with E-state index in [0.717, 1.165) is 5.57 Å². The summed E-state index contributed by atoms with van der Waals surface area (Å²) < 4.78 is 5.48. The molecule has 5 nitrogen and oxygen atoms in total. The molecule has 0 radical (unpaired) electrons. The first-order chi connectivity index (χ1) is 9.19. The smallest absolute Gasteiger partial charge is 0.273 e. The molecule has 1 N–H and O–H groups in total. The molecule has 0 fully saturated rings. The molecule has 0 amide bonds. The van der Waals surface area contributed by atoms with Gasteiger partial charge in [0.05, 0.1) is 16.0 Å². The van der Waals surface area contributed by atoms with Crippen molar-refractivity contribution < 1.29 is 9.66 Å². The zero-order chi connectivity index (χ0) is 15.3. The second kappa shape index (κ2) is 6.72. The molecular formula is C14H19ClN2O3. The number of nitro groups is 1. The van der Waals surface area contributed by atoms with Crippen molar-refractivity contribution in [2.45, 2.75) is 26.3 Å². The van der Waals surface area contributed by atoms with Gasteiger partial charge in [-0.2, -0.15) is 0 Å². The number of nitrogens with zero attached hydrogens (tertiary/aromatic N) is 1. The molecule has 0 aromatic heterocycles. The third-order valence-corrected chi connectivity index (χ3v) is 2.74. The van der Waals surface area contributed by atoms with Crippen LogP contribution in [0.15, 0.2) is 30.4 Å². The van der Waals surface area contributed by atoms with E-state index in [1.165, 1.54) is 18.2 Å². The summed E-state index contributed by atoms with van der Waals surface area (Å²) in [6, 6.07) is 4.10. The maximum Gasteiger partial charge on any atom is 0.273 e. The Morgan fingerprint density at radius 3 is 2.70 bits per heavy atom. The molecule has 1 rings (SSSR count). The van der Waals surface area contributed by atoms with Crippen LogP contribution in [0.4, 0.5) is 5.69 Å². The first-order valence-electron chi connectivity index (χ1n) is 6.17. The Bertz CT molecular complexity index is 510. The van der Waals surface area contributed by atoms with Gasteiger partial charge in [-0.3, -0.25) is 10.1 Å². The van der Waals surface area contributed by atoms with Crippen molar-refractivity contribution >= 4 is 17.3 Å². The quantitative estimate of drug-likeness (QED) is 0.495. The molecule has 0 unspecified atom stereocenters. The zero-order valence-corrected chi connectivity index (χ0v) is 12.7. The van der Waals surface area contributed by atoms with Gasteiger partial charge in [0.25, 0.3) is 5.69 Å². The Balaban J connectivity index is 2.59. The number of halogens is 1. The molecule has 0 heterocycles. The summed E-state index contributed by atoms with van der Waals surface area (Å²) in [5, 5.41) is 14.3. The molecule has 0 aliphatic carbocycles. The largest absolute Gasteiger partial charge is 0.487 e. The van der Waals surface area contributed by atoms with E-state index in [2.05, 4.69) is 32.7 Å². The summed E-state index contributed by atoms with van der Waals surface area (Å²) in [5.74, 6) is 0.290. The van der Waals surface area contributed by atoms with Crippen molar-refractivity contribution in [2.75, 3.05) is 13.2 Å². The van der Waals surface area contributed by atoms with Gasteiger partial charge in [0.15, 0.2) is 0 Å². The van der Waals surface area contributed by atoms with Gasteiger partial charge < -0.3 is 10.1 Å². The lowest BCUT2D eigenvalue weighted by Crippen LogP contribution is -2.37. The molecule has 0 bridgehead atoms. The van der Waals surface area contributed by atoms with E-state index < -0.39 is 4.92 Å². The van der Waals surface area contributed by atoms with Gasteiger partial charge in [-0.05, 0) is 32.4 Å². The Labute approximate surface area is 123 Å². The summed E-state index contributed by atoms with van der Waals surface area (Å²) in [6.07, 6.45) is 0. The topological polar surface area (TPSA) is 64.4 Å². The highest BCUT2D eigenvalue weighted by Gasteiger charge is 2.12. The van der Waals surface area contributed by atoms with Crippen molar-refractivity contribution in [1.29, 1.82) is 0 Å². The van der Waals surface area contributed by atoms with Crippen molar-refractivity contribution in [3.8, 4) is 5.75 Å². The standard InChI is InChI=1S/C14H19ClN2O3/c1-10(8-16-14(2,3)4)9-20-13-7-11(17(18)19)5-6-12(13)15/h5-7,16H,1,8-9H2,2-4H3. The second-order valence-electron chi connectivity index (χ2n) is 5.51. The van der Waals surface area contributed by atoms with E-state index in [0.29, 0.717) is 11.6 Å². The van der Waals surface area contributed by atoms with Crippen LogP contribution in [0.1, 0.15) is 20.8 Å². The summed E-state index contributed by atoms with van der Waals surface area (Å²) in [4.78, 5) is 10.2. The molecule has 6 heteroatoms. The van der Waals surface area contributed by atoms with Gasteiger partial charge in [-0.15, -0.1) is 0 Å². The Hall–Kier alpha value is -1.59. The molecular weight excluding hydrogens is 280 g/mol. The molecule has 0 saturated carbocycles. The van der Waals surface area contributed by atoms with Gasteiger partial charge in [-0.25, -0.2) is 0 Å². The van der Waals surface area contributed by atoms with Crippen LogP contribution in [0.3, 0.4) is 0 Å². The van der Waals surface area contributed by atoms with Crippen LogP contribution in [-0.2, 0) is 0 Å². The molecule has 0 saturated heterocycles. The zero-order valence-electron chi connectivity index (χ0n) is 11.9. The normalized spacial score (nSPS) is 11.2. The molecule has 110 valence electrons. The number of nitro benzene ring substituents is 1. The number of hydrogen-bond donors (Lipinski definition) is 1.